The molecule has 0 spiro atoms. The predicted molar refractivity (Wildman–Crippen MR) is 79.2 cm³/mol. The highest BCUT2D eigenvalue weighted by Gasteiger charge is 2.23. The topological polar surface area (TPSA) is 46.6 Å². The fraction of sp³-hybridized carbons (Fsp3) is 0.667. The number of nitrogens with zero attached hydrogens (tertiary/aromatic N) is 2. The van der Waals surface area contributed by atoms with Crippen LogP contribution in [0.2, 0.25) is 0 Å². The number of hydrogen-bond acceptors (Lipinski definition) is 5. The molecule has 0 saturated carbocycles. The Bertz CT molecular complexity index is 437. The normalized spacial score (nSPS) is 20.1. The number of methoxy groups -OCH3 is 2. The predicted octanol–water partition coefficient (Wildman–Crippen LogP) is 1.53. The summed E-state index contributed by atoms with van der Waals surface area (Å²) in [6, 6.07) is 2.37. The lowest BCUT2D eigenvalue weighted by molar-refractivity contribution is 0.165. The third kappa shape index (κ3) is 3.41. The summed E-state index contributed by atoms with van der Waals surface area (Å²) < 4.78 is 10.8. The molecule has 1 aliphatic rings. The Labute approximate surface area is 121 Å². The number of pyridine rings is 1. The van der Waals surface area contributed by atoms with Crippen molar-refractivity contribution in [1.29, 1.82) is 0 Å². The SMILES string of the molecule is COc1ccnc(CN2CCNC(C(C)C)C2)c1OC. The van der Waals surface area contributed by atoms with E-state index in [2.05, 4.69) is 29.0 Å². The zero-order valence-electron chi connectivity index (χ0n) is 12.8. The first-order valence-electron chi connectivity index (χ1n) is 7.17. The molecule has 1 atom stereocenters. The summed E-state index contributed by atoms with van der Waals surface area (Å²) in [5, 5.41) is 3.57. The number of rotatable bonds is 5. The number of aromatic nitrogens is 1. The Morgan fingerprint density at radius 2 is 2.20 bits per heavy atom. The average Bonchev–Trinajstić information content (AvgIpc) is 2.47. The third-order valence-electron chi connectivity index (χ3n) is 3.83. The maximum absolute atomic E-state index is 5.45. The van der Waals surface area contributed by atoms with Gasteiger partial charge in [0.25, 0.3) is 0 Å². The van der Waals surface area contributed by atoms with E-state index in [0.29, 0.717) is 12.0 Å². The molecule has 20 heavy (non-hydrogen) atoms. The lowest BCUT2D eigenvalue weighted by Gasteiger charge is -2.35. The Balaban J connectivity index is 2.09. The van der Waals surface area contributed by atoms with Crippen LogP contribution in [0.25, 0.3) is 0 Å². The molecular weight excluding hydrogens is 254 g/mol. The molecule has 5 nitrogen and oxygen atoms in total. The van der Waals surface area contributed by atoms with E-state index in [4.69, 9.17) is 9.47 Å². The van der Waals surface area contributed by atoms with Crippen LogP contribution in [0.5, 0.6) is 11.5 Å². The van der Waals surface area contributed by atoms with Crippen LogP contribution in [0.1, 0.15) is 19.5 Å². The fourth-order valence-electron chi connectivity index (χ4n) is 2.61. The van der Waals surface area contributed by atoms with Gasteiger partial charge in [-0.1, -0.05) is 13.8 Å². The average molecular weight is 279 g/mol. The molecule has 1 N–H and O–H groups in total. The highest BCUT2D eigenvalue weighted by molar-refractivity contribution is 5.42. The quantitative estimate of drug-likeness (QED) is 0.885. The molecule has 1 aliphatic heterocycles. The van der Waals surface area contributed by atoms with E-state index in [9.17, 15) is 0 Å². The molecule has 0 aromatic carbocycles. The monoisotopic (exact) mass is 279 g/mol. The molecule has 0 radical (unpaired) electrons. The number of ether oxygens (including phenoxy) is 2. The van der Waals surface area contributed by atoms with Crippen LogP contribution in [0, 0.1) is 5.92 Å². The maximum atomic E-state index is 5.45. The largest absolute Gasteiger partial charge is 0.493 e. The molecule has 5 heteroatoms. The number of hydrogen-bond donors (Lipinski definition) is 1. The first-order chi connectivity index (χ1) is 9.65. The molecule has 0 aliphatic carbocycles. The highest BCUT2D eigenvalue weighted by atomic mass is 16.5. The third-order valence-corrected chi connectivity index (χ3v) is 3.83. The Hall–Kier alpha value is -1.33. The molecule has 1 saturated heterocycles. The maximum Gasteiger partial charge on any atom is 0.183 e. The second kappa shape index (κ2) is 6.90. The van der Waals surface area contributed by atoms with Crippen molar-refractivity contribution >= 4 is 0 Å². The molecule has 2 rings (SSSR count). The summed E-state index contributed by atoms with van der Waals surface area (Å²) >= 11 is 0. The van der Waals surface area contributed by atoms with E-state index in [1.165, 1.54) is 0 Å². The number of piperazine rings is 1. The van der Waals surface area contributed by atoms with Gasteiger partial charge in [-0.15, -0.1) is 0 Å². The first kappa shape index (κ1) is 15.1. The summed E-state index contributed by atoms with van der Waals surface area (Å²) in [5.41, 5.74) is 0.941. The second-order valence-corrected chi connectivity index (χ2v) is 5.53. The van der Waals surface area contributed by atoms with Gasteiger partial charge >= 0.3 is 0 Å². The smallest absolute Gasteiger partial charge is 0.183 e. The Morgan fingerprint density at radius 1 is 1.40 bits per heavy atom. The lowest BCUT2D eigenvalue weighted by Crippen LogP contribution is -2.52. The van der Waals surface area contributed by atoms with Gasteiger partial charge in [-0.2, -0.15) is 0 Å². The van der Waals surface area contributed by atoms with Crippen molar-refractivity contribution in [3.8, 4) is 11.5 Å². The van der Waals surface area contributed by atoms with Crippen molar-refractivity contribution in [1.82, 2.24) is 15.2 Å². The van der Waals surface area contributed by atoms with E-state index in [-0.39, 0.29) is 0 Å². The number of nitrogens with one attached hydrogen (secondary N) is 1. The molecule has 1 aromatic rings. The van der Waals surface area contributed by atoms with Gasteiger partial charge in [0.1, 0.15) is 5.69 Å². The fourth-order valence-corrected chi connectivity index (χ4v) is 2.61. The van der Waals surface area contributed by atoms with Crippen LogP contribution in [-0.2, 0) is 6.54 Å². The first-order valence-corrected chi connectivity index (χ1v) is 7.17. The van der Waals surface area contributed by atoms with Crippen LogP contribution >= 0.6 is 0 Å². The van der Waals surface area contributed by atoms with Crippen LogP contribution in [0.15, 0.2) is 12.3 Å². The Kier molecular flexibility index (Phi) is 5.20. The molecule has 112 valence electrons. The minimum absolute atomic E-state index is 0.542. The molecule has 2 heterocycles. The zero-order valence-corrected chi connectivity index (χ0v) is 12.8. The van der Waals surface area contributed by atoms with Crippen LogP contribution in [-0.4, -0.2) is 49.8 Å². The summed E-state index contributed by atoms with van der Waals surface area (Å²) in [7, 11) is 3.32. The van der Waals surface area contributed by atoms with Crippen LogP contribution in [0.3, 0.4) is 0 Å². The van der Waals surface area contributed by atoms with Crippen molar-refractivity contribution in [2.75, 3.05) is 33.9 Å². The summed E-state index contributed by atoms with van der Waals surface area (Å²) in [6.45, 7) is 8.41. The zero-order chi connectivity index (χ0) is 14.5. The van der Waals surface area contributed by atoms with E-state index in [0.717, 1.165) is 43.4 Å². The highest BCUT2D eigenvalue weighted by Crippen LogP contribution is 2.30. The van der Waals surface area contributed by atoms with Gasteiger partial charge in [0.2, 0.25) is 0 Å². The van der Waals surface area contributed by atoms with E-state index >= 15 is 0 Å². The van der Waals surface area contributed by atoms with Gasteiger partial charge in [0.15, 0.2) is 11.5 Å². The second-order valence-electron chi connectivity index (χ2n) is 5.53. The molecule has 0 bridgehead atoms. The van der Waals surface area contributed by atoms with E-state index in [1.807, 2.05) is 6.07 Å². The van der Waals surface area contributed by atoms with Crippen molar-refractivity contribution in [3.63, 3.8) is 0 Å². The van der Waals surface area contributed by atoms with Gasteiger partial charge in [0.05, 0.1) is 14.2 Å². The van der Waals surface area contributed by atoms with Gasteiger partial charge < -0.3 is 14.8 Å². The molecule has 0 amide bonds. The molecule has 1 unspecified atom stereocenters. The molecule has 1 fully saturated rings. The van der Waals surface area contributed by atoms with Gasteiger partial charge in [0, 0.05) is 44.5 Å². The van der Waals surface area contributed by atoms with Crippen molar-refractivity contribution in [2.24, 2.45) is 5.92 Å². The van der Waals surface area contributed by atoms with Crippen LogP contribution < -0.4 is 14.8 Å². The summed E-state index contributed by atoms with van der Waals surface area (Å²) in [4.78, 5) is 6.88. The van der Waals surface area contributed by atoms with E-state index < -0.39 is 0 Å². The standard InChI is InChI=1S/C15H25N3O2/c1-11(2)12-9-18(8-7-17-12)10-13-15(20-4)14(19-3)5-6-16-13/h5-6,11-12,17H,7-10H2,1-4H3. The summed E-state index contributed by atoms with van der Waals surface area (Å²) in [6.07, 6.45) is 1.78. The molecule has 1 aromatic heterocycles. The van der Waals surface area contributed by atoms with Gasteiger partial charge in [-0.25, -0.2) is 0 Å². The van der Waals surface area contributed by atoms with Crippen LogP contribution in [0.4, 0.5) is 0 Å². The molecular formula is C15H25N3O2. The minimum Gasteiger partial charge on any atom is -0.493 e. The Morgan fingerprint density at radius 3 is 2.85 bits per heavy atom. The van der Waals surface area contributed by atoms with Gasteiger partial charge in [-0.05, 0) is 5.92 Å². The van der Waals surface area contributed by atoms with Crippen molar-refractivity contribution in [3.05, 3.63) is 18.0 Å². The van der Waals surface area contributed by atoms with Gasteiger partial charge in [-0.3, -0.25) is 9.88 Å². The van der Waals surface area contributed by atoms with Crippen molar-refractivity contribution < 1.29 is 9.47 Å². The minimum atomic E-state index is 0.542. The lowest BCUT2D eigenvalue weighted by atomic mass is 10.0. The summed E-state index contributed by atoms with van der Waals surface area (Å²) in [5.74, 6) is 2.13. The van der Waals surface area contributed by atoms with E-state index in [1.54, 1.807) is 20.4 Å². The van der Waals surface area contributed by atoms with Crippen molar-refractivity contribution in [2.45, 2.75) is 26.4 Å².